The summed E-state index contributed by atoms with van der Waals surface area (Å²) in [5.41, 5.74) is 0. The van der Waals surface area contributed by atoms with Gasteiger partial charge < -0.3 is 0 Å². The van der Waals surface area contributed by atoms with Crippen molar-refractivity contribution in [2.24, 2.45) is 0 Å². The van der Waals surface area contributed by atoms with Crippen molar-refractivity contribution < 1.29 is 0 Å². The summed E-state index contributed by atoms with van der Waals surface area (Å²) in [4.78, 5) is 0. The first kappa shape index (κ1) is 7.46. The summed E-state index contributed by atoms with van der Waals surface area (Å²) in [6, 6.07) is 0. The van der Waals surface area contributed by atoms with Crippen LogP contribution >= 0.6 is 11.8 Å². The first-order chi connectivity index (χ1) is 4.43. The lowest BCUT2D eigenvalue weighted by atomic mass is 10.0. The standard InChI is InChI=1S/C8H15S/c1-2-9-8-6-4-3-5-7-8/h4,8H,2-3,5-7H2,1H3. The maximum absolute atomic E-state index is 2.44. The molecule has 0 spiro atoms. The zero-order chi connectivity index (χ0) is 6.53. The molecule has 1 radical (unpaired) electrons. The first-order valence-electron chi connectivity index (χ1n) is 3.86. The molecule has 1 fully saturated rings. The molecule has 1 atom stereocenters. The Hall–Kier alpha value is 0.350. The van der Waals surface area contributed by atoms with E-state index in [1.807, 2.05) is 0 Å². The fraction of sp³-hybridized carbons (Fsp3) is 0.875. The molecular formula is C8H15S. The Morgan fingerprint density at radius 3 is 3.11 bits per heavy atom. The Morgan fingerprint density at radius 1 is 1.67 bits per heavy atom. The summed E-state index contributed by atoms with van der Waals surface area (Å²) >= 11 is 2.12. The second-order valence-electron chi connectivity index (χ2n) is 2.53. The number of rotatable bonds is 2. The molecule has 1 rings (SSSR count). The third-order valence-corrected chi connectivity index (χ3v) is 3.00. The van der Waals surface area contributed by atoms with E-state index in [1.54, 1.807) is 0 Å². The minimum absolute atomic E-state index is 0.962. The van der Waals surface area contributed by atoms with Crippen LogP contribution in [0.4, 0.5) is 0 Å². The van der Waals surface area contributed by atoms with Crippen molar-refractivity contribution in [1.82, 2.24) is 0 Å². The van der Waals surface area contributed by atoms with Crippen molar-refractivity contribution in [3.63, 3.8) is 0 Å². The molecule has 0 aromatic carbocycles. The maximum atomic E-state index is 2.44. The fourth-order valence-corrected chi connectivity index (χ4v) is 2.38. The van der Waals surface area contributed by atoms with Crippen molar-refractivity contribution in [3.05, 3.63) is 6.42 Å². The molecule has 1 unspecified atom stereocenters. The monoisotopic (exact) mass is 143 g/mol. The van der Waals surface area contributed by atoms with E-state index in [4.69, 9.17) is 0 Å². The highest BCUT2D eigenvalue weighted by molar-refractivity contribution is 7.99. The van der Waals surface area contributed by atoms with Gasteiger partial charge in [-0.1, -0.05) is 19.8 Å². The van der Waals surface area contributed by atoms with Crippen LogP contribution in [0.5, 0.6) is 0 Å². The van der Waals surface area contributed by atoms with Crippen molar-refractivity contribution >= 4 is 11.8 Å². The Bertz CT molecular complexity index is 62.2. The van der Waals surface area contributed by atoms with Crippen LogP contribution in [0.25, 0.3) is 0 Å². The Balaban J connectivity index is 2.08. The van der Waals surface area contributed by atoms with E-state index in [9.17, 15) is 0 Å². The van der Waals surface area contributed by atoms with Crippen molar-refractivity contribution in [3.8, 4) is 0 Å². The van der Waals surface area contributed by atoms with Crippen LogP contribution in [0.3, 0.4) is 0 Å². The third kappa shape index (κ3) is 2.61. The lowest BCUT2D eigenvalue weighted by Crippen LogP contribution is -2.08. The van der Waals surface area contributed by atoms with Gasteiger partial charge in [-0.05, 0) is 25.0 Å². The normalized spacial score (nSPS) is 22.3. The van der Waals surface area contributed by atoms with Crippen LogP contribution < -0.4 is 0 Å². The SMILES string of the molecule is CCSC1C[CH]CCC1. The van der Waals surface area contributed by atoms with Crippen LogP contribution in [0, 0.1) is 6.42 Å². The minimum atomic E-state index is 0.962. The molecule has 1 aliphatic rings. The van der Waals surface area contributed by atoms with Gasteiger partial charge in [0.05, 0.1) is 0 Å². The number of hydrogen-bond acceptors (Lipinski definition) is 1. The van der Waals surface area contributed by atoms with E-state index in [2.05, 4.69) is 25.1 Å². The van der Waals surface area contributed by atoms with Crippen LogP contribution in [0.2, 0.25) is 0 Å². The molecule has 9 heavy (non-hydrogen) atoms. The molecule has 0 nitrogen and oxygen atoms in total. The Morgan fingerprint density at radius 2 is 2.56 bits per heavy atom. The van der Waals surface area contributed by atoms with Gasteiger partial charge in [-0.15, -0.1) is 0 Å². The molecule has 0 aromatic heterocycles. The van der Waals surface area contributed by atoms with Gasteiger partial charge in [0, 0.05) is 5.25 Å². The van der Waals surface area contributed by atoms with E-state index in [1.165, 1.54) is 31.4 Å². The van der Waals surface area contributed by atoms with Crippen molar-refractivity contribution in [1.29, 1.82) is 0 Å². The van der Waals surface area contributed by atoms with Gasteiger partial charge in [0.1, 0.15) is 0 Å². The zero-order valence-corrected chi connectivity index (χ0v) is 6.91. The molecular weight excluding hydrogens is 128 g/mol. The molecule has 0 bridgehead atoms. The van der Waals surface area contributed by atoms with Crippen LogP contribution in [-0.2, 0) is 0 Å². The van der Waals surface area contributed by atoms with Crippen LogP contribution in [0.1, 0.15) is 32.6 Å². The Kier molecular flexibility index (Phi) is 3.49. The minimum Gasteiger partial charge on any atom is -0.159 e. The molecule has 53 valence electrons. The van der Waals surface area contributed by atoms with E-state index in [0.717, 1.165) is 5.25 Å². The summed E-state index contributed by atoms with van der Waals surface area (Å²) in [7, 11) is 0. The van der Waals surface area contributed by atoms with Crippen LogP contribution in [0.15, 0.2) is 0 Å². The lowest BCUT2D eigenvalue weighted by molar-refractivity contribution is 0.607. The molecule has 0 aromatic rings. The highest BCUT2D eigenvalue weighted by atomic mass is 32.2. The van der Waals surface area contributed by atoms with Gasteiger partial charge in [-0.3, -0.25) is 0 Å². The fourth-order valence-electron chi connectivity index (χ4n) is 1.30. The predicted octanol–water partition coefficient (Wildman–Crippen LogP) is 2.89. The predicted molar refractivity (Wildman–Crippen MR) is 44.7 cm³/mol. The van der Waals surface area contributed by atoms with E-state index in [0.29, 0.717) is 0 Å². The summed E-state index contributed by atoms with van der Waals surface area (Å²) in [5.74, 6) is 1.29. The highest BCUT2D eigenvalue weighted by Crippen LogP contribution is 2.26. The quantitative estimate of drug-likeness (QED) is 0.573. The molecule has 0 N–H and O–H groups in total. The first-order valence-corrected chi connectivity index (χ1v) is 4.91. The number of hydrogen-bond donors (Lipinski definition) is 0. The molecule has 1 saturated carbocycles. The second-order valence-corrected chi connectivity index (χ2v) is 4.11. The summed E-state index contributed by atoms with van der Waals surface area (Å²) < 4.78 is 0. The van der Waals surface area contributed by atoms with Crippen molar-refractivity contribution in [2.75, 3.05) is 5.75 Å². The van der Waals surface area contributed by atoms with Crippen molar-refractivity contribution in [2.45, 2.75) is 37.9 Å². The van der Waals surface area contributed by atoms with Gasteiger partial charge in [-0.25, -0.2) is 0 Å². The van der Waals surface area contributed by atoms with Gasteiger partial charge in [0.2, 0.25) is 0 Å². The summed E-state index contributed by atoms with van der Waals surface area (Å²) in [5, 5.41) is 0.962. The van der Waals surface area contributed by atoms with E-state index < -0.39 is 0 Å². The number of thioether (sulfide) groups is 1. The largest absolute Gasteiger partial charge is 0.159 e. The van der Waals surface area contributed by atoms with E-state index >= 15 is 0 Å². The Labute approximate surface area is 62.4 Å². The summed E-state index contributed by atoms with van der Waals surface area (Å²) in [6.45, 7) is 2.25. The summed E-state index contributed by atoms with van der Waals surface area (Å²) in [6.07, 6.45) is 8.04. The van der Waals surface area contributed by atoms with E-state index in [-0.39, 0.29) is 0 Å². The van der Waals surface area contributed by atoms with Gasteiger partial charge in [-0.2, -0.15) is 11.8 Å². The molecule has 1 aliphatic carbocycles. The van der Waals surface area contributed by atoms with Crippen LogP contribution in [-0.4, -0.2) is 11.0 Å². The topological polar surface area (TPSA) is 0 Å². The second kappa shape index (κ2) is 4.21. The van der Waals surface area contributed by atoms with Gasteiger partial charge >= 0.3 is 0 Å². The average molecular weight is 143 g/mol. The molecule has 1 heteroatoms. The van der Waals surface area contributed by atoms with Gasteiger partial charge in [0.25, 0.3) is 0 Å². The van der Waals surface area contributed by atoms with Gasteiger partial charge in [0.15, 0.2) is 0 Å². The smallest absolute Gasteiger partial charge is 0.00496 e. The molecule has 0 saturated heterocycles. The zero-order valence-electron chi connectivity index (χ0n) is 6.10. The highest BCUT2D eigenvalue weighted by Gasteiger charge is 2.11. The maximum Gasteiger partial charge on any atom is 0.00496 e. The molecule has 0 aliphatic heterocycles. The third-order valence-electron chi connectivity index (χ3n) is 1.77. The lowest BCUT2D eigenvalue weighted by Gasteiger charge is -2.19. The average Bonchev–Trinajstić information content (AvgIpc) is 1.91. The molecule has 0 heterocycles. The molecule has 0 amide bonds.